The monoisotopic (exact) mass is 298 g/mol. The maximum Gasteiger partial charge on any atom is 0.380 e. The molecule has 3 atom stereocenters. The van der Waals surface area contributed by atoms with Crippen LogP contribution in [0.4, 0.5) is 0 Å². The third kappa shape index (κ3) is 4.13. The van der Waals surface area contributed by atoms with Crippen LogP contribution in [0.15, 0.2) is 0 Å². The van der Waals surface area contributed by atoms with E-state index in [-0.39, 0.29) is 0 Å². The van der Waals surface area contributed by atoms with Gasteiger partial charge in [0.05, 0.1) is 0 Å². The number of esters is 1. The lowest BCUT2D eigenvalue weighted by atomic mass is 10.1. The Bertz CT molecular complexity index is 416. The van der Waals surface area contributed by atoms with Crippen LogP contribution in [0.1, 0.15) is 6.42 Å². The van der Waals surface area contributed by atoms with Gasteiger partial charge in [0.1, 0.15) is 6.42 Å². The Morgan fingerprint density at radius 1 is 1.00 bits per heavy atom. The number of hydrogen-bond donors (Lipinski definition) is 6. The first-order valence-corrected chi connectivity index (χ1v) is 4.67. The van der Waals surface area contributed by atoms with Gasteiger partial charge in [-0.2, -0.15) is 4.89 Å². The van der Waals surface area contributed by atoms with E-state index >= 15 is 0 Å². The SMILES string of the molecule is O=C(O)CC(OO)(OC(=O)C(O)C(O)C(=O)O)C(=O)O. The standard InChI is InChI=1S/C8H10O12/c9-2(10)1-8(20-18,7(16)17)19-6(15)4(12)3(11)5(13)14/h3-4,11-12,18H,1H2,(H,9,10)(H,13,14)(H,16,17). The van der Waals surface area contributed by atoms with Gasteiger partial charge in [0.25, 0.3) is 0 Å². The maximum atomic E-state index is 11.2. The number of carboxylic acids is 3. The lowest BCUT2D eigenvalue weighted by Crippen LogP contribution is -2.51. The summed E-state index contributed by atoms with van der Waals surface area (Å²) in [5.74, 6) is -11.6. The van der Waals surface area contributed by atoms with Crippen molar-refractivity contribution in [1.29, 1.82) is 0 Å². The zero-order valence-corrected chi connectivity index (χ0v) is 9.49. The minimum Gasteiger partial charge on any atom is -0.481 e. The number of carbonyl (C=O) groups excluding carboxylic acids is 1. The molecule has 0 saturated heterocycles. The number of aliphatic carboxylic acids is 3. The predicted octanol–water partition coefficient (Wildman–Crippen LogP) is -2.92. The fourth-order valence-corrected chi connectivity index (χ4v) is 0.931. The zero-order chi connectivity index (χ0) is 16.1. The molecule has 0 radical (unpaired) electrons. The third-order valence-electron chi connectivity index (χ3n) is 1.92. The summed E-state index contributed by atoms with van der Waals surface area (Å²) in [5.41, 5.74) is 0. The predicted molar refractivity (Wildman–Crippen MR) is 52.1 cm³/mol. The van der Waals surface area contributed by atoms with Crippen LogP contribution < -0.4 is 0 Å². The molecule has 0 saturated carbocycles. The summed E-state index contributed by atoms with van der Waals surface area (Å²) in [5, 5.41) is 51.7. The molecule has 6 N–H and O–H groups in total. The summed E-state index contributed by atoms with van der Waals surface area (Å²) < 4.78 is 3.93. The van der Waals surface area contributed by atoms with E-state index in [4.69, 9.17) is 30.8 Å². The van der Waals surface area contributed by atoms with Gasteiger partial charge in [0.2, 0.25) is 0 Å². The summed E-state index contributed by atoms with van der Waals surface area (Å²) in [7, 11) is 0. The molecule has 3 unspecified atom stereocenters. The number of rotatable bonds is 8. The Hall–Kier alpha value is -2.28. The fourth-order valence-electron chi connectivity index (χ4n) is 0.931. The first-order valence-electron chi connectivity index (χ1n) is 4.67. The van der Waals surface area contributed by atoms with E-state index in [0.717, 1.165) is 0 Å². The third-order valence-corrected chi connectivity index (χ3v) is 1.92. The largest absolute Gasteiger partial charge is 0.481 e. The van der Waals surface area contributed by atoms with Crippen molar-refractivity contribution in [3.8, 4) is 0 Å². The zero-order valence-electron chi connectivity index (χ0n) is 9.49. The molecule has 0 amide bonds. The van der Waals surface area contributed by atoms with Crippen LogP contribution in [0, 0.1) is 0 Å². The van der Waals surface area contributed by atoms with Gasteiger partial charge in [-0.25, -0.2) is 19.6 Å². The molecule has 20 heavy (non-hydrogen) atoms. The van der Waals surface area contributed by atoms with Crippen molar-refractivity contribution >= 4 is 23.9 Å². The van der Waals surface area contributed by atoms with Crippen LogP contribution >= 0.6 is 0 Å². The summed E-state index contributed by atoms with van der Waals surface area (Å²) in [6.07, 6.45) is -6.94. The first-order chi connectivity index (χ1) is 9.07. The van der Waals surface area contributed by atoms with Crippen molar-refractivity contribution in [1.82, 2.24) is 0 Å². The first kappa shape index (κ1) is 17.7. The number of ether oxygens (including phenoxy) is 1. The van der Waals surface area contributed by atoms with Crippen LogP contribution in [-0.4, -0.2) is 72.7 Å². The Kier molecular flexibility index (Phi) is 5.99. The summed E-state index contributed by atoms with van der Waals surface area (Å²) >= 11 is 0. The Labute approximate surface area is 109 Å². The highest BCUT2D eigenvalue weighted by Gasteiger charge is 2.49. The second kappa shape index (κ2) is 6.76. The Balaban J connectivity index is 5.17. The van der Waals surface area contributed by atoms with Crippen molar-refractivity contribution in [3.05, 3.63) is 0 Å². The molecule has 0 heterocycles. The van der Waals surface area contributed by atoms with E-state index < -0.39 is 48.3 Å². The molecule has 114 valence electrons. The van der Waals surface area contributed by atoms with Crippen LogP contribution in [-0.2, 0) is 28.8 Å². The van der Waals surface area contributed by atoms with Crippen LogP contribution in [0.2, 0.25) is 0 Å². The van der Waals surface area contributed by atoms with Gasteiger partial charge in [-0.1, -0.05) is 0 Å². The molecule has 0 fully saturated rings. The second-order valence-corrected chi connectivity index (χ2v) is 3.37. The van der Waals surface area contributed by atoms with Crippen molar-refractivity contribution in [2.45, 2.75) is 24.4 Å². The van der Waals surface area contributed by atoms with E-state index in [1.807, 2.05) is 0 Å². The fraction of sp³-hybridized carbons (Fsp3) is 0.500. The van der Waals surface area contributed by atoms with Crippen molar-refractivity contribution in [3.63, 3.8) is 0 Å². The maximum absolute atomic E-state index is 11.2. The molecule has 0 aromatic heterocycles. The van der Waals surface area contributed by atoms with Gasteiger partial charge in [-0.05, 0) is 0 Å². The van der Waals surface area contributed by atoms with E-state index in [0.29, 0.717) is 0 Å². The molecule has 0 aliphatic rings. The number of hydrogen-bond acceptors (Lipinski definition) is 9. The molecule has 0 rings (SSSR count). The molecular formula is C8H10O12. The van der Waals surface area contributed by atoms with E-state index in [1.165, 1.54) is 0 Å². The minimum absolute atomic E-state index is 1.56. The number of aliphatic hydroxyl groups is 2. The summed E-state index contributed by atoms with van der Waals surface area (Å²) in [4.78, 5) is 46.0. The smallest absolute Gasteiger partial charge is 0.380 e. The summed E-state index contributed by atoms with van der Waals surface area (Å²) in [6.45, 7) is 0. The topological polar surface area (TPSA) is 208 Å². The number of aliphatic hydroxyl groups excluding tert-OH is 2. The second-order valence-electron chi connectivity index (χ2n) is 3.37. The summed E-state index contributed by atoms with van der Waals surface area (Å²) in [6, 6.07) is 0. The molecule has 0 spiro atoms. The van der Waals surface area contributed by atoms with Gasteiger partial charge >= 0.3 is 29.7 Å². The lowest BCUT2D eigenvalue weighted by molar-refractivity contribution is -0.381. The quantitative estimate of drug-likeness (QED) is 0.115. The van der Waals surface area contributed by atoms with Crippen LogP contribution in [0.25, 0.3) is 0 Å². The van der Waals surface area contributed by atoms with Gasteiger partial charge in [-0.3, -0.25) is 4.79 Å². The highest BCUT2D eigenvalue weighted by molar-refractivity contribution is 5.88. The molecule has 0 aromatic carbocycles. The van der Waals surface area contributed by atoms with E-state index in [1.54, 1.807) is 0 Å². The molecule has 12 heteroatoms. The minimum atomic E-state index is -3.40. The van der Waals surface area contributed by atoms with Gasteiger partial charge < -0.3 is 30.3 Å². The molecule has 0 bridgehead atoms. The number of carboxylic acid groups (broad SMARTS) is 3. The lowest BCUT2D eigenvalue weighted by Gasteiger charge is -2.25. The highest BCUT2D eigenvalue weighted by atomic mass is 17.1. The normalized spacial score (nSPS) is 16.6. The van der Waals surface area contributed by atoms with Gasteiger partial charge in [-0.15, -0.1) is 0 Å². The highest BCUT2D eigenvalue weighted by Crippen LogP contribution is 2.19. The van der Waals surface area contributed by atoms with E-state index in [9.17, 15) is 19.2 Å². The Morgan fingerprint density at radius 2 is 1.50 bits per heavy atom. The van der Waals surface area contributed by atoms with Gasteiger partial charge in [0, 0.05) is 0 Å². The molecule has 12 nitrogen and oxygen atoms in total. The van der Waals surface area contributed by atoms with Gasteiger partial charge in [0.15, 0.2) is 12.2 Å². The average molecular weight is 298 g/mol. The van der Waals surface area contributed by atoms with Crippen LogP contribution in [0.5, 0.6) is 0 Å². The molecular weight excluding hydrogens is 288 g/mol. The van der Waals surface area contributed by atoms with Crippen molar-refractivity contribution in [2.75, 3.05) is 0 Å². The van der Waals surface area contributed by atoms with Crippen molar-refractivity contribution in [2.24, 2.45) is 0 Å². The Morgan fingerprint density at radius 3 is 1.80 bits per heavy atom. The molecule has 0 aliphatic carbocycles. The molecule has 0 aromatic rings. The van der Waals surface area contributed by atoms with Crippen molar-refractivity contribution < 1.29 is 59.6 Å². The van der Waals surface area contributed by atoms with Crippen LogP contribution in [0.3, 0.4) is 0 Å². The number of carbonyl (C=O) groups is 4. The molecule has 0 aliphatic heterocycles. The average Bonchev–Trinajstić information content (AvgIpc) is 2.34. The van der Waals surface area contributed by atoms with E-state index in [2.05, 4.69) is 9.62 Å².